The Morgan fingerprint density at radius 1 is 0.909 bits per heavy atom. The highest BCUT2D eigenvalue weighted by Gasteiger charge is 2.37. The molecule has 33 heavy (non-hydrogen) atoms. The fourth-order valence-corrected chi connectivity index (χ4v) is 3.99. The second-order valence-electron chi connectivity index (χ2n) is 8.01. The monoisotopic (exact) mass is 462 g/mol. The predicted octanol–water partition coefficient (Wildman–Crippen LogP) is 4.48. The van der Waals surface area contributed by atoms with Gasteiger partial charge in [0.05, 0.1) is 5.69 Å². The lowest BCUT2D eigenvalue weighted by atomic mass is 10.1. The number of benzene rings is 2. The van der Waals surface area contributed by atoms with Crippen LogP contribution in [0.2, 0.25) is 5.02 Å². The third-order valence-electron chi connectivity index (χ3n) is 5.58. The number of barbiturate groups is 1. The van der Waals surface area contributed by atoms with Crippen molar-refractivity contribution in [3.63, 3.8) is 0 Å². The molecule has 0 bridgehead atoms. The van der Waals surface area contributed by atoms with Crippen LogP contribution in [-0.2, 0) is 9.59 Å². The Morgan fingerprint density at radius 3 is 2.12 bits per heavy atom. The molecule has 1 aliphatic rings. The van der Waals surface area contributed by atoms with E-state index >= 15 is 0 Å². The molecular formula is C25H23ClN4O3. The molecule has 0 saturated carbocycles. The van der Waals surface area contributed by atoms with Gasteiger partial charge in [0.15, 0.2) is 0 Å². The van der Waals surface area contributed by atoms with Gasteiger partial charge in [-0.1, -0.05) is 11.6 Å². The molecule has 8 heteroatoms. The molecule has 3 aromatic rings. The fourth-order valence-electron chi connectivity index (χ4n) is 3.87. The van der Waals surface area contributed by atoms with Gasteiger partial charge in [0.1, 0.15) is 5.57 Å². The van der Waals surface area contributed by atoms with E-state index in [-0.39, 0.29) is 5.57 Å². The summed E-state index contributed by atoms with van der Waals surface area (Å²) in [6.45, 7) is 3.88. The van der Waals surface area contributed by atoms with Crippen molar-refractivity contribution in [1.82, 2.24) is 9.88 Å². The zero-order chi connectivity index (χ0) is 23.9. The number of halogens is 1. The van der Waals surface area contributed by atoms with Crippen molar-refractivity contribution in [2.24, 2.45) is 0 Å². The number of carbonyl (C=O) groups is 3. The molecule has 1 saturated heterocycles. The molecule has 1 aromatic heterocycles. The minimum Gasteiger partial charge on any atom is -0.378 e. The second-order valence-corrected chi connectivity index (χ2v) is 8.44. The Morgan fingerprint density at radius 2 is 1.52 bits per heavy atom. The highest BCUT2D eigenvalue weighted by Crippen LogP contribution is 2.27. The van der Waals surface area contributed by atoms with Crippen molar-refractivity contribution in [3.05, 3.63) is 82.1 Å². The van der Waals surface area contributed by atoms with Crippen LogP contribution in [0.1, 0.15) is 17.0 Å². The number of aromatic nitrogens is 1. The molecule has 0 aliphatic carbocycles. The van der Waals surface area contributed by atoms with Gasteiger partial charge in [-0.25, -0.2) is 9.69 Å². The zero-order valence-electron chi connectivity index (χ0n) is 18.7. The van der Waals surface area contributed by atoms with Crippen LogP contribution in [0.15, 0.2) is 60.2 Å². The number of rotatable bonds is 4. The minimum absolute atomic E-state index is 0.118. The average Bonchev–Trinajstić information content (AvgIpc) is 3.05. The van der Waals surface area contributed by atoms with Crippen LogP contribution >= 0.6 is 11.6 Å². The SMILES string of the molecule is Cc1cc(/C=C2\C(=O)NC(=O)N(c3ccc(Cl)cc3)C2=O)c(C)n1-c1ccc(N(C)C)cc1. The molecule has 2 aromatic carbocycles. The van der Waals surface area contributed by atoms with Gasteiger partial charge in [0.2, 0.25) is 0 Å². The number of aryl methyl sites for hydroxylation is 1. The third kappa shape index (κ3) is 4.15. The van der Waals surface area contributed by atoms with E-state index in [1.54, 1.807) is 24.3 Å². The van der Waals surface area contributed by atoms with Crippen LogP contribution in [0, 0.1) is 13.8 Å². The Kier molecular flexibility index (Phi) is 5.82. The lowest BCUT2D eigenvalue weighted by Gasteiger charge is -2.26. The lowest BCUT2D eigenvalue weighted by Crippen LogP contribution is -2.54. The van der Waals surface area contributed by atoms with Gasteiger partial charge >= 0.3 is 6.03 Å². The summed E-state index contributed by atoms with van der Waals surface area (Å²) in [7, 11) is 3.96. The fraction of sp³-hybridized carbons (Fsp3) is 0.160. The van der Waals surface area contributed by atoms with E-state index < -0.39 is 17.8 Å². The second kappa shape index (κ2) is 8.60. The van der Waals surface area contributed by atoms with Gasteiger partial charge in [0, 0.05) is 41.9 Å². The number of carbonyl (C=O) groups excluding carboxylic acids is 3. The normalized spacial score (nSPS) is 15.2. The van der Waals surface area contributed by atoms with Crippen molar-refractivity contribution in [1.29, 1.82) is 0 Å². The molecule has 2 heterocycles. The van der Waals surface area contributed by atoms with E-state index in [0.29, 0.717) is 16.3 Å². The molecule has 168 valence electrons. The molecule has 1 aliphatic heterocycles. The molecule has 0 unspecified atom stereocenters. The minimum atomic E-state index is -0.795. The lowest BCUT2D eigenvalue weighted by molar-refractivity contribution is -0.122. The first kappa shape index (κ1) is 22.4. The molecule has 0 radical (unpaired) electrons. The number of hydrogen-bond acceptors (Lipinski definition) is 4. The molecule has 1 fully saturated rings. The van der Waals surface area contributed by atoms with Gasteiger partial charge in [-0.3, -0.25) is 14.9 Å². The molecule has 7 nitrogen and oxygen atoms in total. The summed E-state index contributed by atoms with van der Waals surface area (Å²) in [5.41, 5.74) is 4.80. The van der Waals surface area contributed by atoms with Crippen LogP contribution in [0.4, 0.5) is 16.2 Å². The highest BCUT2D eigenvalue weighted by molar-refractivity contribution is 6.39. The van der Waals surface area contributed by atoms with Gasteiger partial charge in [-0.15, -0.1) is 0 Å². The van der Waals surface area contributed by atoms with Crippen LogP contribution in [0.5, 0.6) is 0 Å². The van der Waals surface area contributed by atoms with Crippen molar-refractivity contribution < 1.29 is 14.4 Å². The Hall–Kier alpha value is -3.84. The summed E-state index contributed by atoms with van der Waals surface area (Å²) in [6.07, 6.45) is 1.53. The quantitative estimate of drug-likeness (QED) is 0.458. The molecule has 1 N–H and O–H groups in total. The largest absolute Gasteiger partial charge is 0.378 e. The Bertz CT molecular complexity index is 1290. The van der Waals surface area contributed by atoms with E-state index in [4.69, 9.17) is 11.6 Å². The van der Waals surface area contributed by atoms with E-state index in [1.807, 2.05) is 63.2 Å². The van der Waals surface area contributed by atoms with Crippen LogP contribution in [0.25, 0.3) is 11.8 Å². The summed E-state index contributed by atoms with van der Waals surface area (Å²) in [4.78, 5) is 41.0. The highest BCUT2D eigenvalue weighted by atomic mass is 35.5. The van der Waals surface area contributed by atoms with E-state index in [1.165, 1.54) is 6.08 Å². The van der Waals surface area contributed by atoms with Crippen LogP contribution < -0.4 is 15.1 Å². The van der Waals surface area contributed by atoms with Gasteiger partial charge in [-0.2, -0.15) is 0 Å². The first-order valence-electron chi connectivity index (χ1n) is 10.3. The maximum Gasteiger partial charge on any atom is 0.335 e. The van der Waals surface area contributed by atoms with Gasteiger partial charge in [-0.05, 0) is 80.1 Å². The van der Waals surface area contributed by atoms with Crippen molar-refractivity contribution in [2.45, 2.75) is 13.8 Å². The maximum atomic E-state index is 13.1. The third-order valence-corrected chi connectivity index (χ3v) is 5.83. The summed E-state index contributed by atoms with van der Waals surface area (Å²) >= 11 is 5.92. The Labute approximate surface area is 196 Å². The molecule has 4 rings (SSSR count). The van der Waals surface area contributed by atoms with Crippen molar-refractivity contribution in [2.75, 3.05) is 23.9 Å². The first-order chi connectivity index (χ1) is 15.7. The Balaban J connectivity index is 1.72. The van der Waals surface area contributed by atoms with Gasteiger partial charge < -0.3 is 9.47 Å². The molecule has 0 atom stereocenters. The maximum absolute atomic E-state index is 13.1. The number of nitrogens with zero attached hydrogens (tertiary/aromatic N) is 3. The predicted molar refractivity (Wildman–Crippen MR) is 130 cm³/mol. The molecule has 4 amide bonds. The summed E-state index contributed by atoms with van der Waals surface area (Å²) < 4.78 is 2.05. The van der Waals surface area contributed by atoms with E-state index in [9.17, 15) is 14.4 Å². The summed E-state index contributed by atoms with van der Waals surface area (Å²) in [5.74, 6) is -1.42. The number of amides is 4. The number of imide groups is 2. The average molecular weight is 463 g/mol. The standard InChI is InChI=1S/C25H23ClN4O3/c1-15-13-17(16(2)29(15)20-11-9-19(10-12-20)28(3)4)14-22-23(31)27-25(33)30(24(22)32)21-7-5-18(26)6-8-21/h5-14H,1-4H3,(H,27,31,33)/b22-14+. The summed E-state index contributed by atoms with van der Waals surface area (Å²) in [6, 6.07) is 15.5. The zero-order valence-corrected chi connectivity index (χ0v) is 19.5. The number of anilines is 2. The summed E-state index contributed by atoms with van der Waals surface area (Å²) in [5, 5.41) is 2.72. The van der Waals surface area contributed by atoms with E-state index in [0.717, 1.165) is 27.7 Å². The molecule has 0 spiro atoms. The number of urea groups is 1. The smallest absolute Gasteiger partial charge is 0.335 e. The first-order valence-corrected chi connectivity index (χ1v) is 10.7. The topological polar surface area (TPSA) is 74.6 Å². The molecular weight excluding hydrogens is 440 g/mol. The number of nitrogens with one attached hydrogen (secondary N) is 1. The van der Waals surface area contributed by atoms with E-state index in [2.05, 4.69) is 9.88 Å². The van der Waals surface area contributed by atoms with Crippen LogP contribution in [0.3, 0.4) is 0 Å². The van der Waals surface area contributed by atoms with Crippen LogP contribution in [-0.4, -0.2) is 36.5 Å². The number of hydrogen-bond donors (Lipinski definition) is 1. The van der Waals surface area contributed by atoms with Crippen molar-refractivity contribution in [3.8, 4) is 5.69 Å². The van der Waals surface area contributed by atoms with Gasteiger partial charge in [0.25, 0.3) is 11.8 Å². The van der Waals surface area contributed by atoms with Crippen molar-refractivity contribution >= 4 is 46.9 Å².